The molecule has 1 amide bonds. The molecule has 0 fully saturated rings. The number of nitrogens with two attached hydrogens (primary N) is 1. The van der Waals surface area contributed by atoms with Gasteiger partial charge < -0.3 is 5.73 Å². The molecule has 1 unspecified atom stereocenters. The first-order valence-electron chi connectivity index (χ1n) is 6.03. The van der Waals surface area contributed by atoms with Crippen molar-refractivity contribution in [3.05, 3.63) is 66.0 Å². The maximum atomic E-state index is 13.6. The zero-order valence-electron chi connectivity index (χ0n) is 10.9. The van der Waals surface area contributed by atoms with Gasteiger partial charge in [-0.05, 0) is 17.7 Å². The van der Waals surface area contributed by atoms with Crippen molar-refractivity contribution in [3.8, 4) is 0 Å². The van der Waals surface area contributed by atoms with E-state index in [1.165, 1.54) is 12.1 Å². The number of nitrogens with one attached hydrogen (secondary N) is 1. The Morgan fingerprint density at radius 2 is 1.62 bits per heavy atom. The van der Waals surface area contributed by atoms with E-state index in [4.69, 9.17) is 5.73 Å². The van der Waals surface area contributed by atoms with Crippen LogP contribution < -0.4 is 10.5 Å². The number of hydrogen-bond acceptors (Lipinski definition) is 3. The van der Waals surface area contributed by atoms with Crippen molar-refractivity contribution in [2.45, 2.75) is 10.9 Å². The highest BCUT2D eigenvalue weighted by Crippen LogP contribution is 2.19. The lowest BCUT2D eigenvalue weighted by Crippen LogP contribution is -2.37. The molecule has 2 aromatic carbocycles. The summed E-state index contributed by atoms with van der Waals surface area (Å²) in [7, 11) is -4.21. The standard InChI is InChI=1S/C14H13FN2O3S/c15-11-8-4-5-9-12(11)21(19,20)17-13(14(16)18)10-6-2-1-3-7-10/h1-9,13,17H,(H2,16,18). The summed E-state index contributed by atoms with van der Waals surface area (Å²) < 4.78 is 40.1. The maximum Gasteiger partial charge on any atom is 0.244 e. The van der Waals surface area contributed by atoms with Crippen LogP contribution in [0.15, 0.2) is 59.5 Å². The summed E-state index contributed by atoms with van der Waals surface area (Å²) in [6.07, 6.45) is 0. The smallest absolute Gasteiger partial charge is 0.244 e. The number of sulfonamides is 1. The van der Waals surface area contributed by atoms with Gasteiger partial charge in [0.2, 0.25) is 15.9 Å². The summed E-state index contributed by atoms with van der Waals surface area (Å²) in [5.74, 6) is -1.78. The van der Waals surface area contributed by atoms with E-state index in [1.54, 1.807) is 30.3 Å². The average molecular weight is 308 g/mol. The van der Waals surface area contributed by atoms with E-state index >= 15 is 0 Å². The molecular formula is C14H13FN2O3S. The van der Waals surface area contributed by atoms with Crippen LogP contribution in [0.2, 0.25) is 0 Å². The number of amides is 1. The van der Waals surface area contributed by atoms with E-state index < -0.39 is 32.7 Å². The van der Waals surface area contributed by atoms with Crippen LogP contribution in [0.5, 0.6) is 0 Å². The predicted molar refractivity (Wildman–Crippen MR) is 75.1 cm³/mol. The molecule has 0 heterocycles. The monoisotopic (exact) mass is 308 g/mol. The molecule has 2 rings (SSSR count). The SMILES string of the molecule is NC(=O)C(NS(=O)(=O)c1ccccc1F)c1ccccc1. The molecule has 0 radical (unpaired) electrons. The van der Waals surface area contributed by atoms with Gasteiger partial charge >= 0.3 is 0 Å². The molecule has 0 aliphatic carbocycles. The second-order valence-electron chi connectivity index (χ2n) is 4.30. The lowest BCUT2D eigenvalue weighted by molar-refractivity contribution is -0.119. The lowest BCUT2D eigenvalue weighted by Gasteiger charge is -2.16. The fraction of sp³-hybridized carbons (Fsp3) is 0.0714. The quantitative estimate of drug-likeness (QED) is 0.873. The number of rotatable bonds is 5. The number of primary amides is 1. The van der Waals surface area contributed by atoms with Crippen molar-refractivity contribution in [2.24, 2.45) is 5.73 Å². The van der Waals surface area contributed by atoms with E-state index in [1.807, 2.05) is 0 Å². The molecule has 0 aromatic heterocycles. The lowest BCUT2D eigenvalue weighted by atomic mass is 10.1. The van der Waals surface area contributed by atoms with Crippen LogP contribution in [0.4, 0.5) is 4.39 Å². The minimum absolute atomic E-state index is 0.380. The number of halogens is 1. The van der Waals surface area contributed by atoms with E-state index in [0.29, 0.717) is 5.56 Å². The first-order valence-corrected chi connectivity index (χ1v) is 7.51. The van der Waals surface area contributed by atoms with Crippen LogP contribution in [0.25, 0.3) is 0 Å². The molecule has 5 nitrogen and oxygen atoms in total. The molecular weight excluding hydrogens is 295 g/mol. The van der Waals surface area contributed by atoms with Crippen LogP contribution in [0, 0.1) is 5.82 Å². The van der Waals surface area contributed by atoms with Gasteiger partial charge in [-0.15, -0.1) is 0 Å². The van der Waals surface area contributed by atoms with Crippen molar-refractivity contribution >= 4 is 15.9 Å². The molecule has 3 N–H and O–H groups in total. The van der Waals surface area contributed by atoms with Gasteiger partial charge in [0.25, 0.3) is 0 Å². The largest absolute Gasteiger partial charge is 0.368 e. The third-order valence-corrected chi connectivity index (χ3v) is 4.27. The zero-order valence-corrected chi connectivity index (χ0v) is 11.7. The Balaban J connectivity index is 2.38. The van der Waals surface area contributed by atoms with Gasteiger partial charge in [-0.2, -0.15) is 4.72 Å². The Hall–Kier alpha value is -2.25. The molecule has 0 aliphatic rings. The number of carbonyl (C=O) groups is 1. The molecule has 7 heteroatoms. The normalized spacial score (nSPS) is 12.8. The minimum atomic E-state index is -4.21. The van der Waals surface area contributed by atoms with E-state index in [0.717, 1.165) is 12.1 Å². The molecule has 0 aliphatic heterocycles. The Kier molecular flexibility index (Phi) is 4.35. The topological polar surface area (TPSA) is 89.3 Å². The van der Waals surface area contributed by atoms with Gasteiger partial charge in [0.05, 0.1) is 0 Å². The summed E-state index contributed by atoms with van der Waals surface area (Å²) in [4.78, 5) is 11.0. The van der Waals surface area contributed by atoms with E-state index in [2.05, 4.69) is 4.72 Å². The summed E-state index contributed by atoms with van der Waals surface area (Å²) in [6.45, 7) is 0. The Morgan fingerprint density at radius 3 is 2.19 bits per heavy atom. The van der Waals surface area contributed by atoms with Gasteiger partial charge in [0, 0.05) is 0 Å². The van der Waals surface area contributed by atoms with Crippen LogP contribution in [-0.4, -0.2) is 14.3 Å². The van der Waals surface area contributed by atoms with Crippen molar-refractivity contribution in [1.29, 1.82) is 0 Å². The third kappa shape index (κ3) is 3.45. The Morgan fingerprint density at radius 1 is 1.05 bits per heavy atom. The molecule has 2 aromatic rings. The second-order valence-corrected chi connectivity index (χ2v) is 5.98. The third-order valence-electron chi connectivity index (χ3n) is 2.82. The van der Waals surface area contributed by atoms with Crippen molar-refractivity contribution in [2.75, 3.05) is 0 Å². The Labute approximate surface area is 121 Å². The van der Waals surface area contributed by atoms with Crippen LogP contribution in [0.3, 0.4) is 0 Å². The highest BCUT2D eigenvalue weighted by molar-refractivity contribution is 7.89. The van der Waals surface area contributed by atoms with Crippen LogP contribution in [-0.2, 0) is 14.8 Å². The minimum Gasteiger partial charge on any atom is -0.368 e. The van der Waals surface area contributed by atoms with Crippen LogP contribution >= 0.6 is 0 Å². The van der Waals surface area contributed by atoms with Gasteiger partial charge in [-0.1, -0.05) is 42.5 Å². The molecule has 21 heavy (non-hydrogen) atoms. The molecule has 1 atom stereocenters. The molecule has 0 bridgehead atoms. The van der Waals surface area contributed by atoms with Gasteiger partial charge in [-0.3, -0.25) is 4.79 Å². The summed E-state index contributed by atoms with van der Waals surface area (Å²) in [5, 5.41) is 0. The highest BCUT2D eigenvalue weighted by atomic mass is 32.2. The van der Waals surface area contributed by atoms with Crippen molar-refractivity contribution in [1.82, 2.24) is 4.72 Å². The first kappa shape index (κ1) is 15.1. The predicted octanol–water partition coefficient (Wildman–Crippen LogP) is 1.33. The molecule has 0 spiro atoms. The van der Waals surface area contributed by atoms with Crippen molar-refractivity contribution < 1.29 is 17.6 Å². The fourth-order valence-electron chi connectivity index (χ4n) is 1.82. The second kappa shape index (κ2) is 6.02. The average Bonchev–Trinajstić information content (AvgIpc) is 2.46. The van der Waals surface area contributed by atoms with Gasteiger partial charge in [0.15, 0.2) is 0 Å². The molecule has 0 saturated heterocycles. The first-order chi connectivity index (χ1) is 9.92. The van der Waals surface area contributed by atoms with Gasteiger partial charge in [-0.25, -0.2) is 12.8 Å². The molecule has 0 saturated carbocycles. The number of benzene rings is 2. The van der Waals surface area contributed by atoms with Crippen molar-refractivity contribution in [3.63, 3.8) is 0 Å². The molecule has 110 valence electrons. The van der Waals surface area contributed by atoms with E-state index in [-0.39, 0.29) is 0 Å². The van der Waals surface area contributed by atoms with Crippen LogP contribution in [0.1, 0.15) is 11.6 Å². The van der Waals surface area contributed by atoms with Gasteiger partial charge in [0.1, 0.15) is 16.8 Å². The number of hydrogen-bond donors (Lipinski definition) is 2. The summed E-state index contributed by atoms with van der Waals surface area (Å²) >= 11 is 0. The van der Waals surface area contributed by atoms with E-state index in [9.17, 15) is 17.6 Å². The Bertz CT molecular complexity index is 748. The summed E-state index contributed by atoms with van der Waals surface area (Å²) in [5.41, 5.74) is 5.61. The number of carbonyl (C=O) groups excluding carboxylic acids is 1. The highest BCUT2D eigenvalue weighted by Gasteiger charge is 2.27. The summed E-state index contributed by atoms with van der Waals surface area (Å²) in [6, 6.07) is 11.7. The zero-order chi connectivity index (χ0) is 15.5. The maximum absolute atomic E-state index is 13.6. The fourth-order valence-corrected chi connectivity index (χ4v) is 3.09.